The number of halogens is 1. The Kier molecular flexibility index (Phi) is 3.04. The van der Waals surface area contributed by atoms with Gasteiger partial charge in [0, 0.05) is 10.6 Å². The van der Waals surface area contributed by atoms with Gasteiger partial charge in [-0.2, -0.15) is 0 Å². The quantitative estimate of drug-likeness (QED) is 0.901. The molecule has 0 atom stereocenters. The Hall–Kier alpha value is -1.22. The minimum absolute atomic E-state index is 0.562. The summed E-state index contributed by atoms with van der Waals surface area (Å²) in [6.07, 6.45) is 2.29. The minimum atomic E-state index is -0.772. The van der Waals surface area contributed by atoms with Crippen LogP contribution < -0.4 is 4.74 Å². The first-order chi connectivity index (χ1) is 8.01. The Morgan fingerprint density at radius 1 is 1.47 bits per heavy atom. The summed E-state index contributed by atoms with van der Waals surface area (Å²) in [7, 11) is 1.57. The van der Waals surface area contributed by atoms with E-state index in [1.165, 1.54) is 0 Å². The zero-order valence-electron chi connectivity index (χ0n) is 9.92. The van der Waals surface area contributed by atoms with Crippen LogP contribution in [0.3, 0.4) is 0 Å². The van der Waals surface area contributed by atoms with Crippen LogP contribution in [-0.4, -0.2) is 18.2 Å². The molecule has 1 saturated carbocycles. The minimum Gasteiger partial charge on any atom is -0.496 e. The van der Waals surface area contributed by atoms with Gasteiger partial charge in [0.2, 0.25) is 0 Å². The van der Waals surface area contributed by atoms with Gasteiger partial charge in [-0.3, -0.25) is 4.79 Å². The summed E-state index contributed by atoms with van der Waals surface area (Å²) in [5, 5.41) is 9.94. The summed E-state index contributed by atoms with van der Waals surface area (Å²) in [5.41, 5.74) is 0.839. The molecule has 4 heteroatoms. The molecule has 0 radical (unpaired) electrons. The second-order valence-corrected chi connectivity index (χ2v) is 4.93. The van der Waals surface area contributed by atoms with Gasteiger partial charge >= 0.3 is 5.97 Å². The molecule has 0 spiro atoms. The molecule has 17 heavy (non-hydrogen) atoms. The van der Waals surface area contributed by atoms with E-state index in [0.29, 0.717) is 23.6 Å². The van der Waals surface area contributed by atoms with Gasteiger partial charge in [0.15, 0.2) is 0 Å². The van der Waals surface area contributed by atoms with Crippen molar-refractivity contribution in [1.29, 1.82) is 0 Å². The average Bonchev–Trinajstić information content (AvgIpc) is 2.20. The molecule has 2 rings (SSSR count). The van der Waals surface area contributed by atoms with Crippen LogP contribution in [0, 0.1) is 6.92 Å². The van der Waals surface area contributed by atoms with E-state index in [-0.39, 0.29) is 0 Å². The predicted octanol–water partition coefficient (Wildman–Crippen LogP) is 3.16. The second-order valence-electron chi connectivity index (χ2n) is 4.53. The molecule has 1 aromatic carbocycles. The lowest BCUT2D eigenvalue weighted by molar-refractivity contribution is -0.147. The molecule has 0 saturated heterocycles. The van der Waals surface area contributed by atoms with Gasteiger partial charge < -0.3 is 9.84 Å². The molecule has 0 unspecified atom stereocenters. The van der Waals surface area contributed by atoms with E-state index in [4.69, 9.17) is 16.3 Å². The van der Waals surface area contributed by atoms with Crippen molar-refractivity contribution in [2.75, 3.05) is 7.11 Å². The van der Waals surface area contributed by atoms with Gasteiger partial charge in [0.25, 0.3) is 0 Å². The Balaban J connectivity index is 2.52. The molecule has 3 nitrogen and oxygen atoms in total. The molecular weight excluding hydrogens is 240 g/mol. The van der Waals surface area contributed by atoms with E-state index in [0.717, 1.165) is 17.5 Å². The van der Waals surface area contributed by atoms with Crippen LogP contribution in [0.4, 0.5) is 0 Å². The van der Waals surface area contributed by atoms with E-state index < -0.39 is 11.4 Å². The number of hydrogen-bond donors (Lipinski definition) is 1. The summed E-state index contributed by atoms with van der Waals surface area (Å²) in [4.78, 5) is 11.4. The van der Waals surface area contributed by atoms with E-state index in [1.807, 2.05) is 6.92 Å². The Morgan fingerprint density at radius 3 is 2.53 bits per heavy atom. The van der Waals surface area contributed by atoms with Gasteiger partial charge in [0.1, 0.15) is 5.75 Å². The number of rotatable bonds is 3. The highest BCUT2D eigenvalue weighted by Gasteiger charge is 2.46. The van der Waals surface area contributed by atoms with Crippen LogP contribution in [0.15, 0.2) is 12.1 Å². The Labute approximate surface area is 105 Å². The molecular formula is C13H15ClO3. The van der Waals surface area contributed by atoms with Crippen LogP contribution in [0.5, 0.6) is 5.75 Å². The maximum atomic E-state index is 11.4. The van der Waals surface area contributed by atoms with E-state index in [2.05, 4.69) is 0 Å². The van der Waals surface area contributed by atoms with Crippen molar-refractivity contribution in [3.63, 3.8) is 0 Å². The molecule has 0 aliphatic heterocycles. The molecule has 1 aliphatic rings. The summed E-state index contributed by atoms with van der Waals surface area (Å²) in [5.74, 6) is -0.120. The van der Waals surface area contributed by atoms with Gasteiger partial charge in [-0.05, 0) is 37.5 Å². The van der Waals surface area contributed by atoms with E-state index >= 15 is 0 Å². The third kappa shape index (κ3) is 1.78. The molecule has 1 aliphatic carbocycles. The molecule has 0 heterocycles. The maximum absolute atomic E-state index is 11.4. The normalized spacial score (nSPS) is 17.4. The third-order valence-electron chi connectivity index (χ3n) is 3.69. The highest BCUT2D eigenvalue weighted by Crippen LogP contribution is 2.46. The van der Waals surface area contributed by atoms with Crippen molar-refractivity contribution >= 4 is 17.6 Å². The van der Waals surface area contributed by atoms with Gasteiger partial charge in [-0.25, -0.2) is 0 Å². The SMILES string of the molecule is COc1cc(C2(C(=O)O)CCC2)cc(Cl)c1C. The molecule has 0 amide bonds. The van der Waals surface area contributed by atoms with Crippen molar-refractivity contribution in [3.05, 3.63) is 28.3 Å². The molecule has 0 aromatic heterocycles. The third-order valence-corrected chi connectivity index (χ3v) is 4.08. The lowest BCUT2D eigenvalue weighted by Crippen LogP contribution is -2.42. The first-order valence-electron chi connectivity index (χ1n) is 5.59. The topological polar surface area (TPSA) is 46.5 Å². The van der Waals surface area contributed by atoms with Crippen LogP contribution >= 0.6 is 11.6 Å². The molecule has 92 valence electrons. The Bertz CT molecular complexity index is 464. The monoisotopic (exact) mass is 254 g/mol. The average molecular weight is 255 g/mol. The van der Waals surface area contributed by atoms with Crippen molar-refractivity contribution in [3.8, 4) is 5.75 Å². The Morgan fingerprint density at radius 2 is 2.12 bits per heavy atom. The van der Waals surface area contributed by atoms with Crippen molar-refractivity contribution < 1.29 is 14.6 Å². The van der Waals surface area contributed by atoms with Crippen LogP contribution in [-0.2, 0) is 10.2 Å². The number of ether oxygens (including phenoxy) is 1. The van der Waals surface area contributed by atoms with Crippen LogP contribution in [0.25, 0.3) is 0 Å². The van der Waals surface area contributed by atoms with Crippen LogP contribution in [0.1, 0.15) is 30.4 Å². The maximum Gasteiger partial charge on any atom is 0.314 e. The zero-order chi connectivity index (χ0) is 12.6. The van der Waals surface area contributed by atoms with Crippen LogP contribution in [0.2, 0.25) is 5.02 Å². The smallest absolute Gasteiger partial charge is 0.314 e. The van der Waals surface area contributed by atoms with Crippen molar-refractivity contribution in [2.45, 2.75) is 31.6 Å². The first-order valence-corrected chi connectivity index (χ1v) is 5.97. The summed E-state index contributed by atoms with van der Waals surface area (Å²) < 4.78 is 5.23. The summed E-state index contributed by atoms with van der Waals surface area (Å²) >= 11 is 6.12. The fourth-order valence-electron chi connectivity index (χ4n) is 2.30. The molecule has 1 N–H and O–H groups in total. The first kappa shape index (κ1) is 12.2. The fraction of sp³-hybridized carbons (Fsp3) is 0.462. The predicted molar refractivity (Wildman–Crippen MR) is 65.9 cm³/mol. The molecule has 1 fully saturated rings. The lowest BCUT2D eigenvalue weighted by Gasteiger charge is -2.38. The van der Waals surface area contributed by atoms with E-state index in [1.54, 1.807) is 19.2 Å². The van der Waals surface area contributed by atoms with Gasteiger partial charge in [0.05, 0.1) is 12.5 Å². The molecule has 1 aromatic rings. The van der Waals surface area contributed by atoms with E-state index in [9.17, 15) is 9.90 Å². The second kappa shape index (κ2) is 4.22. The van der Waals surface area contributed by atoms with Gasteiger partial charge in [-0.15, -0.1) is 0 Å². The largest absolute Gasteiger partial charge is 0.496 e. The number of benzene rings is 1. The van der Waals surface area contributed by atoms with Crippen molar-refractivity contribution in [2.24, 2.45) is 0 Å². The zero-order valence-corrected chi connectivity index (χ0v) is 10.7. The fourth-order valence-corrected chi connectivity index (χ4v) is 2.51. The lowest BCUT2D eigenvalue weighted by atomic mass is 9.64. The van der Waals surface area contributed by atoms with Crippen molar-refractivity contribution in [1.82, 2.24) is 0 Å². The summed E-state index contributed by atoms with van der Waals surface area (Å²) in [6, 6.07) is 3.56. The number of methoxy groups -OCH3 is 1. The van der Waals surface area contributed by atoms with Gasteiger partial charge in [-0.1, -0.05) is 18.0 Å². The number of hydrogen-bond acceptors (Lipinski definition) is 2. The summed E-state index contributed by atoms with van der Waals surface area (Å²) in [6.45, 7) is 1.86. The molecule has 0 bridgehead atoms. The number of aliphatic carboxylic acids is 1. The number of carboxylic acids is 1. The standard InChI is InChI=1S/C13H15ClO3/c1-8-10(14)6-9(7-11(8)17-2)13(12(15)16)4-3-5-13/h6-7H,3-5H2,1-2H3,(H,15,16). The highest BCUT2D eigenvalue weighted by atomic mass is 35.5. The number of carboxylic acid groups (broad SMARTS) is 1. The highest BCUT2D eigenvalue weighted by molar-refractivity contribution is 6.31. The number of carbonyl (C=O) groups is 1.